The van der Waals surface area contributed by atoms with Crippen LogP contribution in [0.4, 0.5) is 0 Å². The fourth-order valence-corrected chi connectivity index (χ4v) is 5.11. The van der Waals surface area contributed by atoms with Crippen molar-refractivity contribution in [3.8, 4) is 0 Å². The molecule has 0 aromatic carbocycles. The summed E-state index contributed by atoms with van der Waals surface area (Å²) in [5, 5.41) is 0. The number of ether oxygens (including phenoxy) is 3. The van der Waals surface area contributed by atoms with Gasteiger partial charge in [0.1, 0.15) is 6.61 Å². The summed E-state index contributed by atoms with van der Waals surface area (Å²) in [4.78, 5) is 0. The lowest BCUT2D eigenvalue weighted by Crippen LogP contribution is -2.57. The average Bonchev–Trinajstić information content (AvgIpc) is 2.53. The third-order valence-corrected chi connectivity index (χ3v) is 6.44. The molecule has 0 radical (unpaired) electrons. The van der Waals surface area contributed by atoms with Crippen molar-refractivity contribution in [3.05, 3.63) is 0 Å². The summed E-state index contributed by atoms with van der Waals surface area (Å²) < 4.78 is 35.7. The maximum atomic E-state index is 6.33. The van der Waals surface area contributed by atoms with E-state index in [9.17, 15) is 0 Å². The standard InChI is InChI=1S/C17H38O6Si/c1-7-13-14-18-16-17(19-9-3,20-10-4)23-24(15-8-2,21-11-5)22-12-6/h7-16H2,1-6H3. The van der Waals surface area contributed by atoms with Crippen molar-refractivity contribution < 1.29 is 27.5 Å². The van der Waals surface area contributed by atoms with Gasteiger partial charge in [-0.05, 0) is 34.1 Å². The predicted octanol–water partition coefficient (Wildman–Crippen LogP) is 3.97. The Morgan fingerprint density at radius 1 is 0.750 bits per heavy atom. The van der Waals surface area contributed by atoms with Crippen LogP contribution in [0, 0.1) is 0 Å². The smallest absolute Gasteiger partial charge is 0.374 e. The third-order valence-electron chi connectivity index (χ3n) is 3.25. The molecule has 24 heavy (non-hydrogen) atoms. The van der Waals surface area contributed by atoms with Crippen LogP contribution in [0.15, 0.2) is 0 Å². The molecule has 0 aromatic rings. The van der Waals surface area contributed by atoms with Crippen molar-refractivity contribution in [2.24, 2.45) is 0 Å². The lowest BCUT2D eigenvalue weighted by atomic mass is 10.4. The molecule has 6 nitrogen and oxygen atoms in total. The molecule has 0 bridgehead atoms. The molecule has 0 saturated heterocycles. The minimum Gasteiger partial charge on any atom is -0.374 e. The van der Waals surface area contributed by atoms with Gasteiger partial charge in [-0.15, -0.1) is 0 Å². The van der Waals surface area contributed by atoms with Crippen LogP contribution < -0.4 is 0 Å². The van der Waals surface area contributed by atoms with Gasteiger partial charge in [0.25, 0.3) is 0 Å². The number of unbranched alkanes of at least 4 members (excludes halogenated alkanes) is 1. The van der Waals surface area contributed by atoms with Crippen LogP contribution in [0.3, 0.4) is 0 Å². The van der Waals surface area contributed by atoms with Gasteiger partial charge >= 0.3 is 14.8 Å². The number of rotatable bonds is 17. The SMILES string of the molecule is CCCCOCC(OCC)(OCC)O[Si](CCC)(OCC)OCC. The first-order valence-electron chi connectivity index (χ1n) is 9.41. The van der Waals surface area contributed by atoms with E-state index < -0.39 is 14.8 Å². The van der Waals surface area contributed by atoms with Crippen molar-refractivity contribution in [1.29, 1.82) is 0 Å². The van der Waals surface area contributed by atoms with Crippen LogP contribution in [0.25, 0.3) is 0 Å². The second-order valence-electron chi connectivity index (χ2n) is 5.36. The number of hydrogen-bond acceptors (Lipinski definition) is 6. The van der Waals surface area contributed by atoms with Gasteiger partial charge < -0.3 is 27.5 Å². The summed E-state index contributed by atoms with van der Waals surface area (Å²) in [5.41, 5.74) is 0. The quantitative estimate of drug-likeness (QED) is 0.221. The molecule has 0 aliphatic carbocycles. The van der Waals surface area contributed by atoms with Gasteiger partial charge in [0.15, 0.2) is 0 Å². The molecule has 0 aromatic heterocycles. The molecule has 0 aliphatic heterocycles. The minimum atomic E-state index is -2.90. The first kappa shape index (κ1) is 24.0. The van der Waals surface area contributed by atoms with E-state index >= 15 is 0 Å². The van der Waals surface area contributed by atoms with E-state index in [-0.39, 0.29) is 6.61 Å². The monoisotopic (exact) mass is 366 g/mol. The highest BCUT2D eigenvalue weighted by atomic mass is 28.4. The van der Waals surface area contributed by atoms with Gasteiger partial charge in [0.05, 0.1) is 0 Å². The molecule has 7 heteroatoms. The lowest BCUT2D eigenvalue weighted by Gasteiger charge is -2.39. The van der Waals surface area contributed by atoms with Crippen molar-refractivity contribution in [3.63, 3.8) is 0 Å². The molecule has 0 spiro atoms. The molecule has 146 valence electrons. The first-order chi connectivity index (χ1) is 11.6. The van der Waals surface area contributed by atoms with Crippen LogP contribution in [-0.2, 0) is 27.5 Å². The van der Waals surface area contributed by atoms with Crippen LogP contribution in [-0.4, -0.2) is 54.4 Å². The third kappa shape index (κ3) is 8.89. The molecule has 0 fully saturated rings. The fraction of sp³-hybridized carbons (Fsp3) is 1.00. The highest BCUT2D eigenvalue weighted by Crippen LogP contribution is 2.28. The minimum absolute atomic E-state index is 0.202. The van der Waals surface area contributed by atoms with E-state index in [4.69, 9.17) is 27.5 Å². The zero-order chi connectivity index (χ0) is 18.3. The normalized spacial score (nSPS) is 12.8. The molecule has 0 unspecified atom stereocenters. The van der Waals surface area contributed by atoms with E-state index in [1.807, 2.05) is 27.7 Å². The second kappa shape index (κ2) is 14.2. The molecule has 0 aliphatic rings. The van der Waals surface area contributed by atoms with Crippen molar-refractivity contribution >= 4 is 8.80 Å². The predicted molar refractivity (Wildman–Crippen MR) is 96.9 cm³/mol. The molecule has 0 amide bonds. The van der Waals surface area contributed by atoms with Gasteiger partial charge in [0, 0.05) is 39.1 Å². The summed E-state index contributed by atoms with van der Waals surface area (Å²) in [6.07, 6.45) is 2.96. The summed E-state index contributed by atoms with van der Waals surface area (Å²) in [7, 11) is -2.90. The highest BCUT2D eigenvalue weighted by Gasteiger charge is 2.50. The fourth-order valence-electron chi connectivity index (χ4n) is 2.38. The van der Waals surface area contributed by atoms with Gasteiger partial charge in [-0.25, -0.2) is 0 Å². The van der Waals surface area contributed by atoms with E-state index in [1.165, 1.54) is 0 Å². The zero-order valence-electron chi connectivity index (χ0n) is 16.5. The Labute approximate surface area is 149 Å². The Kier molecular flexibility index (Phi) is 14.2. The first-order valence-corrected chi connectivity index (χ1v) is 11.3. The molecular formula is C17H38O6Si. The van der Waals surface area contributed by atoms with Gasteiger partial charge in [-0.2, -0.15) is 0 Å². The topological polar surface area (TPSA) is 55.4 Å². The van der Waals surface area contributed by atoms with E-state index in [2.05, 4.69) is 13.8 Å². The Hall–Kier alpha value is -0.0231. The average molecular weight is 367 g/mol. The molecule has 0 N–H and O–H groups in total. The van der Waals surface area contributed by atoms with Crippen LogP contribution in [0.5, 0.6) is 0 Å². The summed E-state index contributed by atoms with van der Waals surface area (Å²) in [6.45, 7) is 14.7. The molecule has 0 rings (SSSR count). The highest BCUT2D eigenvalue weighted by molar-refractivity contribution is 6.60. The van der Waals surface area contributed by atoms with E-state index in [1.54, 1.807) is 0 Å². The molecule has 0 heterocycles. The van der Waals surface area contributed by atoms with Crippen molar-refractivity contribution in [2.45, 2.75) is 72.8 Å². The molecule has 0 saturated carbocycles. The van der Waals surface area contributed by atoms with E-state index in [0.717, 1.165) is 19.3 Å². The number of hydrogen-bond donors (Lipinski definition) is 0. The van der Waals surface area contributed by atoms with Crippen LogP contribution >= 0.6 is 0 Å². The molecule has 0 atom stereocenters. The van der Waals surface area contributed by atoms with Crippen LogP contribution in [0.1, 0.15) is 60.8 Å². The van der Waals surface area contributed by atoms with Gasteiger partial charge in [-0.3, -0.25) is 0 Å². The summed E-state index contributed by atoms with van der Waals surface area (Å²) >= 11 is 0. The van der Waals surface area contributed by atoms with Crippen molar-refractivity contribution in [1.82, 2.24) is 0 Å². The van der Waals surface area contributed by atoms with Gasteiger partial charge in [-0.1, -0.05) is 26.7 Å². The zero-order valence-corrected chi connectivity index (χ0v) is 17.5. The Bertz CT molecular complexity index is 267. The summed E-state index contributed by atoms with van der Waals surface area (Å²) in [6, 6.07) is 0.714. The Morgan fingerprint density at radius 3 is 1.75 bits per heavy atom. The van der Waals surface area contributed by atoms with Gasteiger partial charge in [0.2, 0.25) is 0 Å². The lowest BCUT2D eigenvalue weighted by molar-refractivity contribution is -0.372. The second-order valence-corrected chi connectivity index (χ2v) is 8.00. The maximum Gasteiger partial charge on any atom is 0.504 e. The Balaban J connectivity index is 5.29. The Morgan fingerprint density at radius 2 is 1.33 bits per heavy atom. The largest absolute Gasteiger partial charge is 0.504 e. The van der Waals surface area contributed by atoms with Crippen molar-refractivity contribution in [2.75, 3.05) is 39.6 Å². The maximum absolute atomic E-state index is 6.33. The van der Waals surface area contributed by atoms with Crippen LogP contribution in [0.2, 0.25) is 6.04 Å². The van der Waals surface area contributed by atoms with E-state index in [0.29, 0.717) is 39.1 Å². The summed E-state index contributed by atoms with van der Waals surface area (Å²) in [5.74, 6) is -1.27. The molecular weight excluding hydrogens is 328 g/mol.